The molecule has 0 atom stereocenters. The lowest BCUT2D eigenvalue weighted by atomic mass is 10.0. The molecule has 0 bridgehead atoms. The molecule has 0 aliphatic heterocycles. The Morgan fingerprint density at radius 3 is 1.84 bits per heavy atom. The molecule has 0 aliphatic rings. The molecule has 0 radical (unpaired) electrons. The third kappa shape index (κ3) is 5.52. The Bertz CT molecular complexity index is 1700. The monoisotopic (exact) mass is 507 g/mol. The summed E-state index contributed by atoms with van der Waals surface area (Å²) in [4.78, 5) is 4.86. The van der Waals surface area contributed by atoms with E-state index in [1.807, 2.05) is 98.8 Å². The van der Waals surface area contributed by atoms with Crippen LogP contribution in [0, 0.1) is 13.8 Å². The molecule has 1 heterocycles. The molecule has 0 unspecified atom stereocenters. The van der Waals surface area contributed by atoms with Gasteiger partial charge in [-0.1, -0.05) is 96.1 Å². The van der Waals surface area contributed by atoms with Gasteiger partial charge in [-0.2, -0.15) is 13.4 Å². The van der Waals surface area contributed by atoms with Crippen LogP contribution in [0.4, 0.5) is 11.7 Å². The minimum atomic E-state index is -4.08. The first-order chi connectivity index (χ1) is 17.9. The predicted octanol–water partition coefficient (Wildman–Crippen LogP) is 6.66. The summed E-state index contributed by atoms with van der Waals surface area (Å²) in [6.45, 7) is 3.90. The molecule has 6 nitrogen and oxygen atoms in total. The van der Waals surface area contributed by atoms with Crippen LogP contribution in [0.2, 0.25) is 0 Å². The maximum Gasteiger partial charge on any atom is 0.301 e. The third-order valence-corrected chi connectivity index (χ3v) is 7.07. The van der Waals surface area contributed by atoms with Gasteiger partial charge in [0.25, 0.3) is 10.0 Å². The van der Waals surface area contributed by atoms with E-state index in [1.54, 1.807) is 24.3 Å². The Morgan fingerprint density at radius 2 is 1.24 bits per heavy atom. The fourth-order valence-corrected chi connectivity index (χ4v) is 4.78. The number of nitrogens with zero attached hydrogens (tertiary/aromatic N) is 2. The average Bonchev–Trinajstić information content (AvgIpc) is 2.91. The lowest BCUT2D eigenvalue weighted by molar-refractivity contribution is 0.500. The number of aryl methyl sites for hydroxylation is 2. The number of benzene rings is 4. The quantitative estimate of drug-likeness (QED) is 0.278. The Labute approximate surface area is 216 Å². The largest absolute Gasteiger partial charge is 0.405 e. The molecule has 0 saturated carbocycles. The Balaban J connectivity index is 1.79. The molecule has 0 fully saturated rings. The molecule has 37 heavy (non-hydrogen) atoms. The molecule has 7 heteroatoms. The highest BCUT2D eigenvalue weighted by atomic mass is 32.2. The summed E-state index contributed by atoms with van der Waals surface area (Å²) in [6, 6.07) is 33.4. The summed E-state index contributed by atoms with van der Waals surface area (Å²) >= 11 is 0. The molecule has 5 rings (SSSR count). The number of nitrogens with one attached hydrogen (secondary N) is 1. The maximum absolute atomic E-state index is 13.4. The third-order valence-electron chi connectivity index (χ3n) is 5.79. The number of hydrogen-bond donors (Lipinski definition) is 1. The van der Waals surface area contributed by atoms with Crippen LogP contribution in [0.1, 0.15) is 11.1 Å². The maximum atomic E-state index is 13.4. The first-order valence-corrected chi connectivity index (χ1v) is 13.2. The molecule has 1 N–H and O–H groups in total. The van der Waals surface area contributed by atoms with E-state index in [4.69, 9.17) is 9.40 Å². The topological polar surface area (TPSA) is 84.6 Å². The van der Waals surface area contributed by atoms with Crippen LogP contribution in [0.5, 0.6) is 0 Å². The molecule has 5 aromatic rings. The van der Waals surface area contributed by atoms with Gasteiger partial charge < -0.3 is 9.73 Å². The van der Waals surface area contributed by atoms with Gasteiger partial charge in [0, 0.05) is 11.3 Å². The first-order valence-electron chi connectivity index (χ1n) is 11.8. The van der Waals surface area contributed by atoms with Gasteiger partial charge in [0.2, 0.25) is 5.55 Å². The fraction of sp³-hybridized carbons (Fsp3) is 0.0667. The van der Waals surface area contributed by atoms with E-state index in [0.29, 0.717) is 11.3 Å². The number of sulfonamides is 1. The average molecular weight is 508 g/mol. The van der Waals surface area contributed by atoms with Crippen molar-refractivity contribution in [2.45, 2.75) is 18.7 Å². The molecule has 0 saturated heterocycles. The van der Waals surface area contributed by atoms with Crippen LogP contribution < -0.4 is 10.9 Å². The molecule has 0 amide bonds. The SMILES string of the molecule is Cc1ccc(Nc2nc(-c3ccccc3)c(-c3ccccc3)/c(=N/S(=O)(=O)c3ccc(C)cc3)o2)cc1. The van der Waals surface area contributed by atoms with Crippen molar-refractivity contribution in [2.75, 3.05) is 5.32 Å². The second-order valence-corrected chi connectivity index (χ2v) is 10.3. The molecule has 1 aromatic heterocycles. The summed E-state index contributed by atoms with van der Waals surface area (Å²) in [6.07, 6.45) is 0. The lowest BCUT2D eigenvalue weighted by Gasteiger charge is -2.13. The summed E-state index contributed by atoms with van der Waals surface area (Å²) in [5.74, 6) is 0. The Kier molecular flexibility index (Phi) is 6.70. The number of hydrogen-bond acceptors (Lipinski definition) is 5. The minimum Gasteiger partial charge on any atom is -0.405 e. The first kappa shape index (κ1) is 24.2. The Morgan fingerprint density at radius 1 is 0.703 bits per heavy atom. The van der Waals surface area contributed by atoms with Crippen molar-refractivity contribution in [3.8, 4) is 22.4 Å². The van der Waals surface area contributed by atoms with Gasteiger partial charge in [0.15, 0.2) is 0 Å². The van der Waals surface area contributed by atoms with Crippen LogP contribution in [0.25, 0.3) is 22.4 Å². The second-order valence-electron chi connectivity index (χ2n) is 8.65. The highest BCUT2D eigenvalue weighted by Gasteiger charge is 2.20. The minimum absolute atomic E-state index is 0.0600. The molecule has 0 spiro atoms. The van der Waals surface area contributed by atoms with E-state index in [0.717, 1.165) is 27.9 Å². The van der Waals surface area contributed by atoms with Crippen molar-refractivity contribution < 1.29 is 12.8 Å². The van der Waals surface area contributed by atoms with Gasteiger partial charge in [0.1, 0.15) is 0 Å². The van der Waals surface area contributed by atoms with Gasteiger partial charge >= 0.3 is 6.01 Å². The van der Waals surface area contributed by atoms with E-state index >= 15 is 0 Å². The van der Waals surface area contributed by atoms with Gasteiger partial charge in [-0.25, -0.2) is 0 Å². The predicted molar refractivity (Wildman–Crippen MR) is 146 cm³/mol. The van der Waals surface area contributed by atoms with Gasteiger partial charge in [-0.05, 0) is 43.7 Å². The fourth-order valence-electron chi connectivity index (χ4n) is 3.84. The van der Waals surface area contributed by atoms with Crippen LogP contribution in [-0.4, -0.2) is 13.4 Å². The van der Waals surface area contributed by atoms with Gasteiger partial charge in [-0.15, -0.1) is 4.40 Å². The molecule has 4 aromatic carbocycles. The van der Waals surface area contributed by atoms with Crippen molar-refractivity contribution in [1.82, 2.24) is 4.98 Å². The Hall–Kier alpha value is -4.49. The highest BCUT2D eigenvalue weighted by Crippen LogP contribution is 2.30. The van der Waals surface area contributed by atoms with Gasteiger partial charge in [-0.3, -0.25) is 0 Å². The summed E-state index contributed by atoms with van der Waals surface area (Å²) in [5, 5.41) is 3.16. The highest BCUT2D eigenvalue weighted by molar-refractivity contribution is 7.90. The van der Waals surface area contributed by atoms with E-state index in [2.05, 4.69) is 9.71 Å². The summed E-state index contributed by atoms with van der Waals surface area (Å²) in [5.41, 5.74) is 5.32. The van der Waals surface area contributed by atoms with Crippen molar-refractivity contribution >= 4 is 21.7 Å². The molecular formula is C30H25N3O3S. The smallest absolute Gasteiger partial charge is 0.301 e. The van der Waals surface area contributed by atoms with Crippen molar-refractivity contribution in [3.05, 3.63) is 126 Å². The van der Waals surface area contributed by atoms with Crippen molar-refractivity contribution in [2.24, 2.45) is 4.40 Å². The van der Waals surface area contributed by atoms with Gasteiger partial charge in [0.05, 0.1) is 16.2 Å². The zero-order valence-electron chi connectivity index (χ0n) is 20.4. The lowest BCUT2D eigenvalue weighted by Crippen LogP contribution is -2.15. The number of aromatic nitrogens is 1. The second kappa shape index (κ2) is 10.2. The number of anilines is 2. The van der Waals surface area contributed by atoms with Crippen LogP contribution in [-0.2, 0) is 10.0 Å². The molecule has 184 valence electrons. The summed E-state index contributed by atoms with van der Waals surface area (Å²) < 4.78 is 37.0. The van der Waals surface area contributed by atoms with Crippen LogP contribution >= 0.6 is 0 Å². The van der Waals surface area contributed by atoms with E-state index in [-0.39, 0.29) is 16.5 Å². The van der Waals surface area contributed by atoms with E-state index in [1.165, 1.54) is 0 Å². The number of rotatable bonds is 6. The molecular weight excluding hydrogens is 482 g/mol. The summed E-state index contributed by atoms with van der Waals surface area (Å²) in [7, 11) is -4.08. The zero-order valence-corrected chi connectivity index (χ0v) is 21.2. The van der Waals surface area contributed by atoms with E-state index in [9.17, 15) is 8.42 Å². The zero-order chi connectivity index (χ0) is 25.8. The van der Waals surface area contributed by atoms with Crippen LogP contribution in [0.3, 0.4) is 0 Å². The van der Waals surface area contributed by atoms with Crippen molar-refractivity contribution in [1.29, 1.82) is 0 Å². The van der Waals surface area contributed by atoms with E-state index < -0.39 is 10.0 Å². The van der Waals surface area contributed by atoms with Crippen molar-refractivity contribution in [3.63, 3.8) is 0 Å². The van der Waals surface area contributed by atoms with Crippen LogP contribution in [0.15, 0.2) is 123 Å². The normalized spacial score (nSPS) is 11.9. The molecule has 0 aliphatic carbocycles. The standard InChI is InChI=1S/C30H25N3O3S/c1-21-13-17-25(18-14-21)31-30-32-28(24-11-7-4-8-12-24)27(23-9-5-3-6-10-23)29(36-30)33-37(34,35)26-19-15-22(2)16-20-26/h3-20H,1-2H3,(H,31,32)/b33-29-.